The van der Waals surface area contributed by atoms with E-state index in [0.29, 0.717) is 5.56 Å². The molecule has 3 aromatic rings. The summed E-state index contributed by atoms with van der Waals surface area (Å²) in [6.07, 6.45) is 5.02. The quantitative estimate of drug-likeness (QED) is 0.727. The number of likely N-dealkylation sites (tertiary alicyclic amines) is 1. The van der Waals surface area contributed by atoms with Crippen molar-refractivity contribution in [1.29, 1.82) is 0 Å². The Balaban J connectivity index is 1.70. The minimum absolute atomic E-state index is 0.0516. The fourth-order valence-electron chi connectivity index (χ4n) is 3.52. The molecule has 0 unspecified atom stereocenters. The Bertz CT molecular complexity index is 940. The van der Waals surface area contributed by atoms with Crippen molar-refractivity contribution in [2.45, 2.75) is 26.2 Å². The molecule has 0 bridgehead atoms. The van der Waals surface area contributed by atoms with E-state index < -0.39 is 0 Å². The lowest BCUT2D eigenvalue weighted by Crippen LogP contribution is -2.35. The molecule has 3 heterocycles. The molecule has 0 saturated carbocycles. The molecule has 0 N–H and O–H groups in total. The predicted octanol–water partition coefficient (Wildman–Crippen LogP) is 3.36. The number of piperidine rings is 1. The van der Waals surface area contributed by atoms with Crippen molar-refractivity contribution in [2.24, 2.45) is 0 Å². The number of imidazole rings is 1. The number of pyridine rings is 1. The zero-order valence-corrected chi connectivity index (χ0v) is 15.1. The van der Waals surface area contributed by atoms with Gasteiger partial charge in [-0.05, 0) is 56.5 Å². The number of fused-ring (bicyclic) bond motifs is 1. The third kappa shape index (κ3) is 2.92. The molecule has 0 spiro atoms. The Kier molecular flexibility index (Phi) is 4.32. The maximum Gasteiger partial charge on any atom is 0.255 e. The summed E-state index contributed by atoms with van der Waals surface area (Å²) in [5.41, 5.74) is 3.07. The van der Waals surface area contributed by atoms with Crippen molar-refractivity contribution in [2.75, 3.05) is 20.2 Å². The van der Waals surface area contributed by atoms with E-state index in [1.807, 2.05) is 46.7 Å². The van der Waals surface area contributed by atoms with Crippen LogP contribution in [-0.4, -0.2) is 45.5 Å². The smallest absolute Gasteiger partial charge is 0.255 e. The number of amides is 1. The lowest BCUT2D eigenvalue weighted by atomic mass is 10.1. The number of hydrogen-bond donors (Lipinski definition) is 0. The number of nitrogens with zero attached hydrogens (tertiary/aromatic N) is 4. The van der Waals surface area contributed by atoms with Crippen LogP contribution in [0.3, 0.4) is 0 Å². The van der Waals surface area contributed by atoms with Crippen LogP contribution in [0.4, 0.5) is 0 Å². The Morgan fingerprint density at radius 2 is 1.85 bits per heavy atom. The van der Waals surface area contributed by atoms with Crippen LogP contribution in [0.15, 0.2) is 36.5 Å². The molecule has 0 atom stereocenters. The molecule has 4 rings (SSSR count). The van der Waals surface area contributed by atoms with Crippen molar-refractivity contribution in [3.63, 3.8) is 0 Å². The minimum atomic E-state index is 0.0516. The molecule has 1 amide bonds. The van der Waals surface area contributed by atoms with Crippen molar-refractivity contribution >= 4 is 17.1 Å². The third-order valence-corrected chi connectivity index (χ3v) is 4.89. The van der Waals surface area contributed by atoms with Gasteiger partial charge in [-0.25, -0.2) is 9.97 Å². The molecule has 1 aliphatic rings. The summed E-state index contributed by atoms with van der Waals surface area (Å²) in [6, 6.07) is 9.62. The monoisotopic (exact) mass is 350 g/mol. The molecular weight excluding hydrogens is 328 g/mol. The summed E-state index contributed by atoms with van der Waals surface area (Å²) in [4.78, 5) is 23.8. The van der Waals surface area contributed by atoms with Gasteiger partial charge in [-0.1, -0.05) is 0 Å². The number of aryl methyl sites for hydroxylation is 1. The first-order valence-electron chi connectivity index (χ1n) is 8.96. The summed E-state index contributed by atoms with van der Waals surface area (Å²) in [5, 5.41) is 0. The molecule has 134 valence electrons. The number of ether oxygens (including phenoxy) is 1. The normalized spacial score (nSPS) is 14.6. The van der Waals surface area contributed by atoms with Crippen molar-refractivity contribution < 1.29 is 9.53 Å². The van der Waals surface area contributed by atoms with E-state index >= 15 is 0 Å². The first kappa shape index (κ1) is 16.6. The highest BCUT2D eigenvalue weighted by atomic mass is 16.5. The number of carbonyl (C=O) groups is 1. The molecule has 6 heteroatoms. The molecule has 1 aromatic carbocycles. The molecule has 0 radical (unpaired) electrons. The Labute approximate surface area is 152 Å². The number of benzene rings is 1. The molecule has 2 aromatic heterocycles. The highest BCUT2D eigenvalue weighted by Gasteiger charge is 2.20. The Morgan fingerprint density at radius 1 is 1.12 bits per heavy atom. The van der Waals surface area contributed by atoms with Crippen molar-refractivity contribution in [3.05, 3.63) is 47.9 Å². The zero-order chi connectivity index (χ0) is 18.1. The van der Waals surface area contributed by atoms with Gasteiger partial charge in [0.15, 0.2) is 5.65 Å². The first-order valence-corrected chi connectivity index (χ1v) is 8.96. The summed E-state index contributed by atoms with van der Waals surface area (Å²) in [5.74, 6) is 1.69. The van der Waals surface area contributed by atoms with Crippen LogP contribution in [0, 0.1) is 6.92 Å². The summed E-state index contributed by atoms with van der Waals surface area (Å²) < 4.78 is 7.21. The van der Waals surface area contributed by atoms with E-state index in [0.717, 1.165) is 54.4 Å². The van der Waals surface area contributed by atoms with E-state index in [2.05, 4.69) is 9.97 Å². The lowest BCUT2D eigenvalue weighted by molar-refractivity contribution is 0.0724. The van der Waals surface area contributed by atoms with Crippen LogP contribution in [-0.2, 0) is 0 Å². The van der Waals surface area contributed by atoms with E-state index in [1.165, 1.54) is 6.42 Å². The Morgan fingerprint density at radius 3 is 2.54 bits per heavy atom. The highest BCUT2D eigenvalue weighted by molar-refractivity contribution is 5.96. The minimum Gasteiger partial charge on any atom is -0.497 e. The number of methoxy groups -OCH3 is 1. The van der Waals surface area contributed by atoms with Crippen LogP contribution in [0.2, 0.25) is 0 Å². The van der Waals surface area contributed by atoms with Crippen LogP contribution in [0.1, 0.15) is 35.4 Å². The molecule has 1 aliphatic heterocycles. The fourth-order valence-corrected chi connectivity index (χ4v) is 3.52. The van der Waals surface area contributed by atoms with Gasteiger partial charge in [0.1, 0.15) is 17.1 Å². The van der Waals surface area contributed by atoms with Gasteiger partial charge in [0.2, 0.25) is 0 Å². The lowest BCUT2D eigenvalue weighted by Gasteiger charge is -2.26. The molecule has 1 fully saturated rings. The van der Waals surface area contributed by atoms with Gasteiger partial charge in [-0.3, -0.25) is 9.36 Å². The highest BCUT2D eigenvalue weighted by Crippen LogP contribution is 2.23. The summed E-state index contributed by atoms with van der Waals surface area (Å²) in [6.45, 7) is 3.60. The van der Waals surface area contributed by atoms with Crippen molar-refractivity contribution in [1.82, 2.24) is 19.4 Å². The van der Waals surface area contributed by atoms with Gasteiger partial charge in [0.05, 0.1) is 12.7 Å². The third-order valence-electron chi connectivity index (χ3n) is 4.89. The fraction of sp³-hybridized carbons (Fsp3) is 0.350. The van der Waals surface area contributed by atoms with Gasteiger partial charge in [-0.2, -0.15) is 0 Å². The van der Waals surface area contributed by atoms with Crippen LogP contribution < -0.4 is 4.74 Å². The van der Waals surface area contributed by atoms with E-state index in [-0.39, 0.29) is 5.91 Å². The average Bonchev–Trinajstić information content (AvgIpc) is 3.03. The summed E-state index contributed by atoms with van der Waals surface area (Å²) >= 11 is 0. The SMILES string of the molecule is COc1ccc(-n2c(C)nc3cc(C(=O)N4CCCCC4)cnc32)cc1. The average molecular weight is 350 g/mol. The number of aromatic nitrogens is 3. The van der Waals surface area contributed by atoms with Crippen LogP contribution in [0.25, 0.3) is 16.9 Å². The van der Waals surface area contributed by atoms with Gasteiger partial charge in [0.25, 0.3) is 5.91 Å². The number of carbonyl (C=O) groups excluding carboxylic acids is 1. The van der Waals surface area contributed by atoms with Crippen molar-refractivity contribution in [3.8, 4) is 11.4 Å². The number of hydrogen-bond acceptors (Lipinski definition) is 4. The van der Waals surface area contributed by atoms with Crippen LogP contribution in [0.5, 0.6) is 5.75 Å². The van der Waals surface area contributed by atoms with Gasteiger partial charge >= 0.3 is 0 Å². The molecule has 1 saturated heterocycles. The zero-order valence-electron chi connectivity index (χ0n) is 15.1. The second kappa shape index (κ2) is 6.78. The largest absolute Gasteiger partial charge is 0.497 e. The van der Waals surface area contributed by atoms with Gasteiger partial charge < -0.3 is 9.64 Å². The number of rotatable bonds is 3. The van der Waals surface area contributed by atoms with Gasteiger partial charge in [0, 0.05) is 25.0 Å². The Hall–Kier alpha value is -2.89. The maximum atomic E-state index is 12.7. The second-order valence-corrected chi connectivity index (χ2v) is 6.61. The second-order valence-electron chi connectivity index (χ2n) is 6.61. The van der Waals surface area contributed by atoms with Crippen LogP contribution >= 0.6 is 0 Å². The molecule has 6 nitrogen and oxygen atoms in total. The molecule has 0 aliphatic carbocycles. The van der Waals surface area contributed by atoms with Gasteiger partial charge in [-0.15, -0.1) is 0 Å². The van der Waals surface area contributed by atoms with E-state index in [4.69, 9.17) is 4.74 Å². The van der Waals surface area contributed by atoms with E-state index in [1.54, 1.807) is 13.3 Å². The van der Waals surface area contributed by atoms with E-state index in [9.17, 15) is 4.79 Å². The first-order chi connectivity index (χ1) is 12.7. The predicted molar refractivity (Wildman–Crippen MR) is 99.9 cm³/mol. The standard InChI is InChI=1S/C20H22N4O2/c1-14-22-18-12-15(20(25)23-10-4-3-5-11-23)13-21-19(18)24(14)16-6-8-17(26-2)9-7-16/h6-9,12-13H,3-5,10-11H2,1-2H3. The maximum absolute atomic E-state index is 12.7. The summed E-state index contributed by atoms with van der Waals surface area (Å²) in [7, 11) is 1.65. The molecular formula is C20H22N4O2. The molecule has 26 heavy (non-hydrogen) atoms. The topological polar surface area (TPSA) is 60.3 Å².